The van der Waals surface area contributed by atoms with Crippen LogP contribution in [0.4, 0.5) is 0 Å². The number of fused-ring (bicyclic) bond motifs is 1. The van der Waals surface area contributed by atoms with Gasteiger partial charge >= 0.3 is 0 Å². The summed E-state index contributed by atoms with van der Waals surface area (Å²) in [4.78, 5) is 40.3. The Morgan fingerprint density at radius 1 is 1.12 bits per heavy atom. The Morgan fingerprint density at radius 2 is 1.88 bits per heavy atom. The van der Waals surface area contributed by atoms with E-state index in [1.165, 1.54) is 12.1 Å². The van der Waals surface area contributed by atoms with Crippen LogP contribution in [0.15, 0.2) is 42.5 Å². The highest BCUT2D eigenvalue weighted by molar-refractivity contribution is 6.05. The molecule has 0 radical (unpaired) electrons. The maximum absolute atomic E-state index is 13.3. The first-order valence-electron chi connectivity index (χ1n) is 14.1. The molecule has 0 saturated carbocycles. The van der Waals surface area contributed by atoms with Gasteiger partial charge in [0.05, 0.1) is 21.1 Å². The van der Waals surface area contributed by atoms with E-state index in [0.717, 1.165) is 0 Å². The number of amides is 3. The number of carbonyl (C=O) groups is 3. The van der Waals surface area contributed by atoms with Crippen molar-refractivity contribution in [3.63, 3.8) is 0 Å². The van der Waals surface area contributed by atoms with E-state index in [-0.39, 0.29) is 17.9 Å². The number of nitrogens with one attached hydrogen (secondary N) is 1. The predicted molar refractivity (Wildman–Crippen MR) is 119 cm³/mol. The number of nitrogens with zero attached hydrogens (tertiary/aromatic N) is 2. The summed E-state index contributed by atoms with van der Waals surface area (Å²) in [5, 5.41) is 1.70. The fraction of sp³-hybridized carbons (Fsp3) is 0.400. The molecule has 33 heavy (non-hydrogen) atoms. The summed E-state index contributed by atoms with van der Waals surface area (Å²) < 4.78 is 69.3. The molecular weight excluding hydrogens is 422 g/mol. The third-order valence-electron chi connectivity index (χ3n) is 5.58. The predicted octanol–water partition coefficient (Wildman–Crippen LogP) is 1.86. The van der Waals surface area contributed by atoms with Crippen molar-refractivity contribution in [1.82, 2.24) is 15.1 Å². The van der Waals surface area contributed by atoms with Crippen molar-refractivity contribution in [2.24, 2.45) is 0 Å². The van der Waals surface area contributed by atoms with E-state index in [1.54, 1.807) is 40.5 Å². The third-order valence-corrected chi connectivity index (χ3v) is 5.58. The topological polar surface area (TPSA) is 88.2 Å². The normalized spacial score (nSPS) is 30.0. The molecule has 0 bridgehead atoms. The van der Waals surface area contributed by atoms with Gasteiger partial charge in [-0.15, -0.1) is 0 Å². The lowest BCUT2D eigenvalue weighted by molar-refractivity contribution is -0.136. The molecule has 8 nitrogen and oxygen atoms in total. The summed E-state index contributed by atoms with van der Waals surface area (Å²) in [6, 6.07) is 8.30. The smallest absolute Gasteiger partial charge is 0.255 e. The molecule has 0 aromatic heterocycles. The standard InChI is InChI=1S/C25H27N3O5/c29-23-9-8-21(24(30)26-23)28-15-20-19(25(28)31)2-1-3-22(20)33-16-18-6-4-17(5-7-18)14-27-10-12-32-13-11-27/h1-7,21H,8-16H2,(H,26,29,30)/t21-/m0/s1/i8D2,9D2,14D2,21D. The van der Waals surface area contributed by atoms with Crippen LogP contribution in [0.25, 0.3) is 0 Å². The minimum absolute atomic E-state index is 0.0514. The van der Waals surface area contributed by atoms with E-state index < -0.39 is 49.5 Å². The molecule has 1 atom stereocenters. The average molecular weight is 457 g/mol. The highest BCUT2D eigenvalue weighted by Crippen LogP contribution is 2.34. The van der Waals surface area contributed by atoms with Crippen molar-refractivity contribution >= 4 is 17.7 Å². The van der Waals surface area contributed by atoms with Gasteiger partial charge in [0.2, 0.25) is 11.8 Å². The third kappa shape index (κ3) is 4.62. The fourth-order valence-electron chi connectivity index (χ4n) is 3.87. The molecule has 0 unspecified atom stereocenters. The van der Waals surface area contributed by atoms with Crippen molar-refractivity contribution in [3.05, 3.63) is 64.7 Å². The Hall–Kier alpha value is -3.23. The number of hydrogen-bond donors (Lipinski definition) is 1. The van der Waals surface area contributed by atoms with E-state index in [4.69, 9.17) is 19.1 Å². The van der Waals surface area contributed by atoms with Gasteiger partial charge in [-0.25, -0.2) is 0 Å². The molecule has 2 fully saturated rings. The van der Waals surface area contributed by atoms with E-state index >= 15 is 0 Å². The van der Waals surface area contributed by atoms with Gasteiger partial charge in [-0.2, -0.15) is 0 Å². The lowest BCUT2D eigenvalue weighted by atomic mass is 10.0. The molecule has 0 aliphatic carbocycles. The van der Waals surface area contributed by atoms with Gasteiger partial charge in [-0.1, -0.05) is 30.3 Å². The van der Waals surface area contributed by atoms with Gasteiger partial charge in [0, 0.05) is 45.3 Å². The van der Waals surface area contributed by atoms with Crippen LogP contribution in [-0.4, -0.2) is 59.8 Å². The number of morpholine rings is 1. The van der Waals surface area contributed by atoms with E-state index in [9.17, 15) is 14.4 Å². The number of rotatable bonds is 6. The number of carbonyl (C=O) groups excluding carboxylic acids is 3. The maximum Gasteiger partial charge on any atom is 0.255 e. The molecule has 3 aliphatic rings. The van der Waals surface area contributed by atoms with Crippen molar-refractivity contribution in [2.45, 2.75) is 38.4 Å². The highest BCUT2D eigenvalue weighted by Gasteiger charge is 2.40. The molecule has 3 heterocycles. The van der Waals surface area contributed by atoms with E-state index in [1.807, 2.05) is 0 Å². The largest absolute Gasteiger partial charge is 0.489 e. The molecule has 8 heteroatoms. The van der Waals surface area contributed by atoms with Crippen molar-refractivity contribution in [2.75, 3.05) is 26.3 Å². The Kier molecular flexibility index (Phi) is 4.19. The molecule has 1 N–H and O–H groups in total. The van der Waals surface area contributed by atoms with E-state index in [0.29, 0.717) is 47.9 Å². The maximum atomic E-state index is 13.3. The molecule has 2 aromatic carbocycles. The highest BCUT2D eigenvalue weighted by atomic mass is 16.5. The summed E-state index contributed by atoms with van der Waals surface area (Å²) >= 11 is 0. The van der Waals surface area contributed by atoms with E-state index in [2.05, 4.69) is 0 Å². The van der Waals surface area contributed by atoms with Gasteiger partial charge in [-0.05, 0) is 29.6 Å². The number of benzene rings is 2. The molecule has 5 rings (SSSR count). The first-order valence-corrected chi connectivity index (χ1v) is 10.6. The lowest BCUT2D eigenvalue weighted by Gasteiger charge is -2.29. The second-order valence-electron chi connectivity index (χ2n) is 7.75. The molecule has 3 aliphatic heterocycles. The number of imide groups is 1. The van der Waals surface area contributed by atoms with Crippen LogP contribution in [-0.2, 0) is 34.0 Å². The van der Waals surface area contributed by atoms with Gasteiger partial charge < -0.3 is 14.4 Å². The zero-order chi connectivity index (χ0) is 29.1. The first-order chi connectivity index (χ1) is 18.7. The Morgan fingerprint density at radius 3 is 2.67 bits per heavy atom. The van der Waals surface area contributed by atoms with Crippen LogP contribution < -0.4 is 10.1 Å². The summed E-state index contributed by atoms with van der Waals surface area (Å²) in [6.45, 7) is -0.133. The zero-order valence-electron chi connectivity index (χ0n) is 24.7. The van der Waals surface area contributed by atoms with Crippen molar-refractivity contribution < 1.29 is 33.5 Å². The number of ether oxygens (including phenoxy) is 2. The SMILES string of the molecule is [2H]C([2H])(c1ccc(COc2cccc3c2CN([C@]2([2H])C(=O)NC(=O)C([2H])([2H])C2([2H])[2H])C3=O)cc1)N1CCOCC1. The number of piperidine rings is 1. The van der Waals surface area contributed by atoms with Crippen LogP contribution in [0.1, 0.15) is 49.4 Å². The monoisotopic (exact) mass is 456 g/mol. The second-order valence-corrected chi connectivity index (χ2v) is 7.75. The zero-order valence-corrected chi connectivity index (χ0v) is 17.7. The minimum Gasteiger partial charge on any atom is -0.489 e. The summed E-state index contributed by atoms with van der Waals surface area (Å²) in [6.07, 6.45) is -6.60. The van der Waals surface area contributed by atoms with Crippen molar-refractivity contribution in [1.29, 1.82) is 0 Å². The molecular formula is C25H27N3O5. The van der Waals surface area contributed by atoms with Crippen LogP contribution in [0.5, 0.6) is 5.75 Å². The molecule has 2 saturated heterocycles. The molecule has 2 aromatic rings. The van der Waals surface area contributed by atoms with Crippen LogP contribution >= 0.6 is 0 Å². The average Bonchev–Trinajstić information content (AvgIpc) is 3.28. The summed E-state index contributed by atoms with van der Waals surface area (Å²) in [7, 11) is 0. The quantitative estimate of drug-likeness (QED) is 0.668. The van der Waals surface area contributed by atoms with Gasteiger partial charge in [0.25, 0.3) is 5.91 Å². The summed E-state index contributed by atoms with van der Waals surface area (Å²) in [5.74, 6) is -3.56. The molecule has 172 valence electrons. The Balaban J connectivity index is 1.35. The molecule has 0 spiro atoms. The molecule has 3 amide bonds. The van der Waals surface area contributed by atoms with Crippen LogP contribution in [0, 0.1) is 0 Å². The van der Waals surface area contributed by atoms with Crippen LogP contribution in [0.2, 0.25) is 0 Å². The minimum atomic E-state index is -3.36. The van der Waals surface area contributed by atoms with Crippen LogP contribution in [0.3, 0.4) is 0 Å². The second kappa shape index (κ2) is 9.33. The number of hydrogen-bond acceptors (Lipinski definition) is 6. The van der Waals surface area contributed by atoms with Gasteiger partial charge in [-0.3, -0.25) is 24.6 Å². The Bertz CT molecular complexity index is 1370. The van der Waals surface area contributed by atoms with Gasteiger partial charge in [0.15, 0.2) is 0 Å². The van der Waals surface area contributed by atoms with Gasteiger partial charge in [0.1, 0.15) is 18.4 Å². The first kappa shape index (κ1) is 14.8. The lowest BCUT2D eigenvalue weighted by Crippen LogP contribution is -2.52. The Labute approximate surface area is 202 Å². The van der Waals surface area contributed by atoms with Crippen molar-refractivity contribution in [3.8, 4) is 5.75 Å². The summed E-state index contributed by atoms with van der Waals surface area (Å²) in [5.41, 5.74) is 1.56. The fourth-order valence-corrected chi connectivity index (χ4v) is 3.87.